The lowest BCUT2D eigenvalue weighted by atomic mass is 9.84. The highest BCUT2D eigenvalue weighted by atomic mass is 35.5. The number of morpholine rings is 1. The maximum absolute atomic E-state index is 6.31. The molecular weight excluding hydrogens is 388 g/mol. The van der Waals surface area contributed by atoms with Gasteiger partial charge in [0.2, 0.25) is 0 Å². The van der Waals surface area contributed by atoms with Crippen molar-refractivity contribution in [2.24, 2.45) is 0 Å². The summed E-state index contributed by atoms with van der Waals surface area (Å²) in [6.45, 7) is 3.89. The van der Waals surface area contributed by atoms with Crippen LogP contribution in [0.2, 0.25) is 5.02 Å². The van der Waals surface area contributed by atoms with Gasteiger partial charge in [-0.1, -0.05) is 11.6 Å². The monoisotopic (exact) mass is 416 g/mol. The van der Waals surface area contributed by atoms with Crippen LogP contribution in [0.5, 0.6) is 0 Å². The van der Waals surface area contributed by atoms with Crippen LogP contribution in [0.15, 0.2) is 18.2 Å². The third-order valence-corrected chi connectivity index (χ3v) is 7.09. The van der Waals surface area contributed by atoms with Crippen LogP contribution in [0, 0.1) is 0 Å². The van der Waals surface area contributed by atoms with E-state index in [9.17, 15) is 0 Å². The molecule has 0 N–H and O–H groups in total. The summed E-state index contributed by atoms with van der Waals surface area (Å²) in [6, 6.07) is 6.84. The van der Waals surface area contributed by atoms with Crippen LogP contribution in [0.3, 0.4) is 0 Å². The Bertz CT molecular complexity index is 856. The lowest BCUT2D eigenvalue weighted by Gasteiger charge is -2.38. The van der Waals surface area contributed by atoms with Crippen LogP contribution < -0.4 is 0 Å². The Balaban J connectivity index is 1.41. The molecule has 2 fully saturated rings. The number of hydrogen-bond donors (Lipinski definition) is 0. The predicted octanol–water partition coefficient (Wildman–Crippen LogP) is 3.39. The minimum atomic E-state index is 0.0996. The van der Waals surface area contributed by atoms with Gasteiger partial charge in [-0.05, 0) is 49.4 Å². The quantitative estimate of drug-likeness (QED) is 0.767. The molecule has 7 heteroatoms. The lowest BCUT2D eigenvalue weighted by molar-refractivity contribution is 0.00707. The molecule has 1 aromatic heterocycles. The highest BCUT2D eigenvalue weighted by molar-refractivity contribution is 6.30. The maximum Gasteiger partial charge on any atom is 0.140 e. The number of ether oxygens (including phenoxy) is 2. The summed E-state index contributed by atoms with van der Waals surface area (Å²) in [7, 11) is 1.77. The Morgan fingerprint density at radius 1 is 1.07 bits per heavy atom. The smallest absolute Gasteiger partial charge is 0.140 e. The molecule has 1 aliphatic carbocycles. The third-order valence-electron chi connectivity index (χ3n) is 6.85. The number of benzene rings is 1. The van der Waals surface area contributed by atoms with Gasteiger partial charge in [-0.25, -0.2) is 0 Å². The SMILES string of the molecule is COC1Cc2cc(Cl)ccc2-n2c(nnc2[C@H]2CC[C@H](N3CCOCC3)CC2)C1. The van der Waals surface area contributed by atoms with E-state index in [0.717, 1.165) is 68.7 Å². The number of rotatable bonds is 3. The average Bonchev–Trinajstić information content (AvgIpc) is 3.10. The topological polar surface area (TPSA) is 52.4 Å². The minimum absolute atomic E-state index is 0.0996. The summed E-state index contributed by atoms with van der Waals surface area (Å²) >= 11 is 6.31. The van der Waals surface area contributed by atoms with Crippen LogP contribution in [0.1, 0.15) is 48.8 Å². The van der Waals surface area contributed by atoms with Crippen LogP contribution in [-0.4, -0.2) is 65.2 Å². The van der Waals surface area contributed by atoms with E-state index in [1.165, 1.54) is 24.1 Å². The summed E-state index contributed by atoms with van der Waals surface area (Å²) in [6.07, 6.45) is 6.50. The van der Waals surface area contributed by atoms with E-state index in [2.05, 4.69) is 31.8 Å². The van der Waals surface area contributed by atoms with E-state index < -0.39 is 0 Å². The summed E-state index contributed by atoms with van der Waals surface area (Å²) in [5.74, 6) is 2.57. The molecule has 0 bridgehead atoms. The number of nitrogens with zero attached hydrogens (tertiary/aromatic N) is 4. The lowest BCUT2D eigenvalue weighted by Crippen LogP contribution is -2.44. The first-order valence-electron chi connectivity index (χ1n) is 10.8. The molecule has 1 unspecified atom stereocenters. The maximum atomic E-state index is 6.31. The molecule has 156 valence electrons. The Kier molecular flexibility index (Phi) is 5.61. The average molecular weight is 417 g/mol. The van der Waals surface area contributed by atoms with Gasteiger partial charge >= 0.3 is 0 Å². The Hall–Kier alpha value is -1.47. The van der Waals surface area contributed by atoms with Gasteiger partial charge in [-0.15, -0.1) is 10.2 Å². The first-order chi connectivity index (χ1) is 14.2. The van der Waals surface area contributed by atoms with Crippen molar-refractivity contribution < 1.29 is 9.47 Å². The standard InChI is InChI=1S/C22H29ClN4O2/c1-28-19-13-16-12-17(23)4-7-20(16)27-21(14-19)24-25-22(27)15-2-5-18(6-3-15)26-8-10-29-11-9-26/h4,7,12,15,18-19H,2-3,5-6,8-11,13-14H2,1H3/t15-,18-,19?. The largest absolute Gasteiger partial charge is 0.381 e. The molecule has 1 aromatic carbocycles. The van der Waals surface area contributed by atoms with Crippen molar-refractivity contribution in [1.82, 2.24) is 19.7 Å². The van der Waals surface area contributed by atoms with Crippen molar-refractivity contribution >= 4 is 11.6 Å². The van der Waals surface area contributed by atoms with Gasteiger partial charge in [-0.3, -0.25) is 9.47 Å². The van der Waals surface area contributed by atoms with Gasteiger partial charge in [0.05, 0.1) is 25.0 Å². The Morgan fingerprint density at radius 3 is 2.62 bits per heavy atom. The van der Waals surface area contributed by atoms with Crippen LogP contribution in [0.25, 0.3) is 5.69 Å². The third kappa shape index (κ3) is 3.83. The Morgan fingerprint density at radius 2 is 1.86 bits per heavy atom. The van der Waals surface area contributed by atoms with Crippen LogP contribution >= 0.6 is 11.6 Å². The van der Waals surface area contributed by atoms with Gasteiger partial charge in [0.15, 0.2) is 0 Å². The molecule has 2 aliphatic heterocycles. The van der Waals surface area contributed by atoms with E-state index in [1.807, 2.05) is 6.07 Å². The molecule has 3 heterocycles. The van der Waals surface area contributed by atoms with E-state index >= 15 is 0 Å². The summed E-state index contributed by atoms with van der Waals surface area (Å²) < 4.78 is 13.5. The number of halogens is 1. The van der Waals surface area contributed by atoms with E-state index in [1.54, 1.807) is 7.11 Å². The van der Waals surface area contributed by atoms with Gasteiger partial charge in [0.25, 0.3) is 0 Å². The molecular formula is C22H29ClN4O2. The Labute approximate surface area is 177 Å². The van der Waals surface area contributed by atoms with E-state index in [0.29, 0.717) is 12.0 Å². The molecule has 3 aliphatic rings. The van der Waals surface area contributed by atoms with Crippen molar-refractivity contribution in [3.8, 4) is 5.69 Å². The van der Waals surface area contributed by atoms with Crippen molar-refractivity contribution in [3.05, 3.63) is 40.4 Å². The molecule has 0 spiro atoms. The fraction of sp³-hybridized carbons (Fsp3) is 0.636. The normalized spacial score (nSPS) is 27.9. The molecule has 1 saturated carbocycles. The van der Waals surface area contributed by atoms with Crippen molar-refractivity contribution in [2.45, 2.75) is 56.6 Å². The van der Waals surface area contributed by atoms with E-state index in [-0.39, 0.29) is 6.10 Å². The van der Waals surface area contributed by atoms with E-state index in [4.69, 9.17) is 21.1 Å². The van der Waals surface area contributed by atoms with Crippen molar-refractivity contribution in [3.63, 3.8) is 0 Å². The molecule has 6 nitrogen and oxygen atoms in total. The van der Waals surface area contributed by atoms with Crippen molar-refractivity contribution in [2.75, 3.05) is 33.4 Å². The first kappa shape index (κ1) is 19.5. The second kappa shape index (κ2) is 8.34. The highest BCUT2D eigenvalue weighted by Crippen LogP contribution is 2.37. The zero-order chi connectivity index (χ0) is 19.8. The molecule has 0 amide bonds. The highest BCUT2D eigenvalue weighted by Gasteiger charge is 2.33. The molecule has 0 radical (unpaired) electrons. The number of methoxy groups -OCH3 is 1. The van der Waals surface area contributed by atoms with Crippen LogP contribution in [0.4, 0.5) is 0 Å². The minimum Gasteiger partial charge on any atom is -0.381 e. The van der Waals surface area contributed by atoms with Gasteiger partial charge in [-0.2, -0.15) is 0 Å². The summed E-state index contributed by atoms with van der Waals surface area (Å²) in [5.41, 5.74) is 2.38. The van der Waals surface area contributed by atoms with Crippen molar-refractivity contribution in [1.29, 1.82) is 0 Å². The first-order valence-corrected chi connectivity index (χ1v) is 11.2. The number of hydrogen-bond acceptors (Lipinski definition) is 5. The molecule has 29 heavy (non-hydrogen) atoms. The second-order valence-corrected chi connectivity index (χ2v) is 8.94. The fourth-order valence-corrected chi connectivity index (χ4v) is 5.45. The molecule has 1 atom stereocenters. The zero-order valence-corrected chi connectivity index (χ0v) is 17.8. The summed E-state index contributed by atoms with van der Waals surface area (Å²) in [4.78, 5) is 2.62. The summed E-state index contributed by atoms with van der Waals surface area (Å²) in [5, 5.41) is 10.0. The molecule has 1 saturated heterocycles. The number of aromatic nitrogens is 3. The van der Waals surface area contributed by atoms with Crippen LogP contribution in [-0.2, 0) is 22.3 Å². The second-order valence-electron chi connectivity index (χ2n) is 8.50. The number of fused-ring (bicyclic) bond motifs is 3. The fourth-order valence-electron chi connectivity index (χ4n) is 5.25. The molecule has 2 aromatic rings. The van der Waals surface area contributed by atoms with Gasteiger partial charge in [0.1, 0.15) is 11.6 Å². The molecule has 5 rings (SSSR count). The van der Waals surface area contributed by atoms with Gasteiger partial charge < -0.3 is 9.47 Å². The zero-order valence-electron chi connectivity index (χ0n) is 17.0. The predicted molar refractivity (Wildman–Crippen MR) is 112 cm³/mol. The van der Waals surface area contributed by atoms with Gasteiger partial charge in [0, 0.05) is 50.0 Å².